The van der Waals surface area contributed by atoms with Gasteiger partial charge in [-0.1, -0.05) is 36.4 Å². The summed E-state index contributed by atoms with van der Waals surface area (Å²) >= 11 is 0. The van der Waals surface area contributed by atoms with Crippen molar-refractivity contribution in [2.24, 2.45) is 5.92 Å². The third-order valence-corrected chi connectivity index (χ3v) is 6.37. The summed E-state index contributed by atoms with van der Waals surface area (Å²) in [5, 5.41) is 1.04. The normalized spacial score (nSPS) is 18.9. The Morgan fingerprint density at radius 2 is 1.87 bits per heavy atom. The monoisotopic (exact) mass is 418 g/mol. The number of para-hydroxylation sites is 1. The summed E-state index contributed by atoms with van der Waals surface area (Å²) in [4.78, 5) is 19.6. The maximum Gasteiger partial charge on any atom is 0.223 e. The SMILES string of the molecule is O=C1CCCCN1[C@@H](c1ccc(F)cc1)[C@H](OCC1CC1)c1cccc2cccnc12. The molecule has 0 unspecified atom stereocenters. The van der Waals surface area contributed by atoms with E-state index in [1.807, 2.05) is 29.2 Å². The van der Waals surface area contributed by atoms with Crippen molar-refractivity contribution in [2.75, 3.05) is 13.2 Å². The quantitative estimate of drug-likeness (QED) is 0.502. The van der Waals surface area contributed by atoms with Gasteiger partial charge < -0.3 is 9.64 Å². The van der Waals surface area contributed by atoms with Crippen molar-refractivity contribution in [3.63, 3.8) is 0 Å². The number of benzene rings is 2. The second-order valence-corrected chi connectivity index (χ2v) is 8.66. The van der Waals surface area contributed by atoms with Gasteiger partial charge in [-0.05, 0) is 55.4 Å². The number of rotatable bonds is 7. The van der Waals surface area contributed by atoms with Crippen LogP contribution in [-0.2, 0) is 9.53 Å². The van der Waals surface area contributed by atoms with Gasteiger partial charge in [-0.25, -0.2) is 4.39 Å². The van der Waals surface area contributed by atoms with Crippen LogP contribution < -0.4 is 0 Å². The minimum atomic E-state index is -0.369. The molecular formula is C26H27FN2O2. The Morgan fingerprint density at radius 1 is 1.06 bits per heavy atom. The first-order valence-corrected chi connectivity index (χ1v) is 11.2. The molecule has 0 N–H and O–H groups in total. The van der Waals surface area contributed by atoms with Crippen LogP contribution in [0.5, 0.6) is 0 Å². The zero-order valence-electron chi connectivity index (χ0n) is 17.5. The van der Waals surface area contributed by atoms with Crippen molar-refractivity contribution in [2.45, 2.75) is 44.2 Å². The Morgan fingerprint density at radius 3 is 2.65 bits per heavy atom. The number of carbonyl (C=O) groups is 1. The standard InChI is InChI=1S/C26H27FN2O2/c27-21-13-11-20(12-14-21)25(29-16-2-1-8-23(29)30)26(31-17-18-9-10-18)22-7-3-5-19-6-4-15-28-24(19)22/h3-7,11-15,18,25-26H,1-2,8-10,16-17H2/t25-,26+/m0/s1. The summed E-state index contributed by atoms with van der Waals surface area (Å²) in [7, 11) is 0. The number of halogens is 1. The molecule has 4 nitrogen and oxygen atoms in total. The maximum atomic E-state index is 13.7. The molecule has 31 heavy (non-hydrogen) atoms. The minimum absolute atomic E-state index is 0.133. The molecule has 160 valence electrons. The third-order valence-electron chi connectivity index (χ3n) is 6.37. The number of carbonyl (C=O) groups excluding carboxylic acids is 1. The number of nitrogens with zero attached hydrogens (tertiary/aromatic N) is 2. The minimum Gasteiger partial charge on any atom is -0.371 e. The number of amides is 1. The molecule has 2 heterocycles. The topological polar surface area (TPSA) is 42.4 Å². The molecule has 1 amide bonds. The number of hydrogen-bond donors (Lipinski definition) is 0. The van der Waals surface area contributed by atoms with Gasteiger partial charge in [-0.3, -0.25) is 9.78 Å². The van der Waals surface area contributed by atoms with Crippen molar-refractivity contribution < 1.29 is 13.9 Å². The van der Waals surface area contributed by atoms with Crippen LogP contribution in [0.4, 0.5) is 4.39 Å². The molecule has 2 fully saturated rings. The van der Waals surface area contributed by atoms with Crippen molar-refractivity contribution >= 4 is 16.8 Å². The summed E-state index contributed by atoms with van der Waals surface area (Å²) in [6, 6.07) is 16.3. The van der Waals surface area contributed by atoms with Gasteiger partial charge in [-0.15, -0.1) is 0 Å². The number of ether oxygens (including phenoxy) is 1. The average Bonchev–Trinajstić information content (AvgIpc) is 3.63. The van der Waals surface area contributed by atoms with E-state index < -0.39 is 0 Å². The lowest BCUT2D eigenvalue weighted by atomic mass is 9.91. The summed E-state index contributed by atoms with van der Waals surface area (Å²) in [5.41, 5.74) is 2.76. The highest BCUT2D eigenvalue weighted by atomic mass is 19.1. The largest absolute Gasteiger partial charge is 0.371 e. The van der Waals surface area contributed by atoms with Gasteiger partial charge in [0.15, 0.2) is 0 Å². The molecule has 0 spiro atoms. The van der Waals surface area contributed by atoms with Crippen LogP contribution in [0.1, 0.15) is 55.4 Å². The van der Waals surface area contributed by atoms with E-state index in [1.54, 1.807) is 18.3 Å². The van der Waals surface area contributed by atoms with Crippen LogP contribution in [0.2, 0.25) is 0 Å². The Hall–Kier alpha value is -2.79. The van der Waals surface area contributed by atoms with Crippen LogP contribution >= 0.6 is 0 Å². The van der Waals surface area contributed by atoms with E-state index in [-0.39, 0.29) is 23.9 Å². The molecule has 1 aliphatic heterocycles. The van der Waals surface area contributed by atoms with Crippen LogP contribution in [0.3, 0.4) is 0 Å². The Kier molecular flexibility index (Phi) is 5.68. The lowest BCUT2D eigenvalue weighted by Gasteiger charge is -2.40. The summed E-state index contributed by atoms with van der Waals surface area (Å²) in [6.45, 7) is 1.34. The van der Waals surface area contributed by atoms with Crippen LogP contribution in [0, 0.1) is 11.7 Å². The Labute approximate surface area is 182 Å². The van der Waals surface area contributed by atoms with E-state index in [2.05, 4.69) is 11.1 Å². The van der Waals surface area contributed by atoms with Gasteiger partial charge in [0.05, 0.1) is 18.2 Å². The molecule has 2 aliphatic rings. The molecule has 5 heteroatoms. The van der Waals surface area contributed by atoms with Crippen LogP contribution in [0.15, 0.2) is 60.8 Å². The number of fused-ring (bicyclic) bond motifs is 1. The fourth-order valence-corrected chi connectivity index (χ4v) is 4.53. The first kappa shape index (κ1) is 20.1. The van der Waals surface area contributed by atoms with E-state index in [1.165, 1.54) is 25.0 Å². The van der Waals surface area contributed by atoms with Gasteiger partial charge in [0.2, 0.25) is 5.91 Å². The Bertz CT molecular complexity index is 1060. The molecule has 2 aromatic carbocycles. The second-order valence-electron chi connectivity index (χ2n) is 8.66. The van der Waals surface area contributed by atoms with Crippen molar-refractivity contribution in [1.29, 1.82) is 0 Å². The zero-order valence-corrected chi connectivity index (χ0v) is 17.5. The molecule has 3 aromatic rings. The first-order chi connectivity index (χ1) is 15.2. The highest BCUT2D eigenvalue weighted by molar-refractivity contribution is 5.82. The molecule has 0 radical (unpaired) electrons. The second kappa shape index (κ2) is 8.75. The molecule has 1 aliphatic carbocycles. The van der Waals surface area contributed by atoms with Gasteiger partial charge >= 0.3 is 0 Å². The van der Waals surface area contributed by atoms with Crippen molar-refractivity contribution in [3.05, 3.63) is 77.7 Å². The van der Waals surface area contributed by atoms with Crippen molar-refractivity contribution in [1.82, 2.24) is 9.88 Å². The molecule has 2 atom stereocenters. The fourth-order valence-electron chi connectivity index (χ4n) is 4.53. The maximum absolute atomic E-state index is 13.7. The van der Waals surface area contributed by atoms with Gasteiger partial charge in [-0.2, -0.15) is 0 Å². The van der Waals surface area contributed by atoms with Crippen molar-refractivity contribution in [3.8, 4) is 0 Å². The predicted molar refractivity (Wildman–Crippen MR) is 118 cm³/mol. The van der Waals surface area contributed by atoms with E-state index in [4.69, 9.17) is 4.74 Å². The molecular weight excluding hydrogens is 391 g/mol. The lowest BCUT2D eigenvalue weighted by Crippen LogP contribution is -2.41. The number of piperidine rings is 1. The fraction of sp³-hybridized carbons (Fsp3) is 0.385. The highest BCUT2D eigenvalue weighted by Crippen LogP contribution is 2.42. The molecule has 1 aromatic heterocycles. The number of aromatic nitrogens is 1. The molecule has 5 rings (SSSR count). The Balaban J connectivity index is 1.63. The van der Waals surface area contributed by atoms with E-state index in [0.717, 1.165) is 34.9 Å². The van der Waals surface area contributed by atoms with Gasteiger partial charge in [0, 0.05) is 30.1 Å². The van der Waals surface area contributed by atoms with Gasteiger partial charge in [0.1, 0.15) is 11.9 Å². The number of pyridine rings is 1. The van der Waals surface area contributed by atoms with E-state index in [9.17, 15) is 9.18 Å². The predicted octanol–water partition coefficient (Wildman–Crippen LogP) is 5.60. The van der Waals surface area contributed by atoms with E-state index >= 15 is 0 Å². The van der Waals surface area contributed by atoms with Gasteiger partial charge in [0.25, 0.3) is 0 Å². The van der Waals surface area contributed by atoms with Crippen LogP contribution in [0.25, 0.3) is 10.9 Å². The molecule has 0 bridgehead atoms. The zero-order chi connectivity index (χ0) is 21.2. The van der Waals surface area contributed by atoms with Crippen LogP contribution in [-0.4, -0.2) is 28.9 Å². The number of hydrogen-bond acceptors (Lipinski definition) is 3. The number of likely N-dealkylation sites (tertiary alicyclic amines) is 1. The summed E-state index contributed by atoms with van der Waals surface area (Å²) < 4.78 is 20.3. The van der Waals surface area contributed by atoms with E-state index in [0.29, 0.717) is 25.5 Å². The third kappa shape index (κ3) is 4.33. The summed E-state index contributed by atoms with van der Waals surface area (Å²) in [5.74, 6) is 0.430. The lowest BCUT2D eigenvalue weighted by molar-refractivity contribution is -0.140. The summed E-state index contributed by atoms with van der Waals surface area (Å²) in [6.07, 6.45) is 6.21. The smallest absolute Gasteiger partial charge is 0.223 e. The highest BCUT2D eigenvalue weighted by Gasteiger charge is 2.37. The molecule has 1 saturated heterocycles. The molecule has 1 saturated carbocycles. The average molecular weight is 419 g/mol. The first-order valence-electron chi connectivity index (χ1n) is 11.2.